The number of nitrogens with one attached hydrogen (secondary N) is 1. The highest BCUT2D eigenvalue weighted by atomic mass is 35.5. The van der Waals surface area contributed by atoms with Gasteiger partial charge in [-0.25, -0.2) is 12.8 Å². The van der Waals surface area contributed by atoms with Gasteiger partial charge < -0.3 is 19.7 Å². The maximum Gasteiger partial charge on any atom is 0.264 e. The molecule has 3 aromatic rings. The lowest BCUT2D eigenvalue weighted by Crippen LogP contribution is -2.52. The average Bonchev–Trinajstić information content (AvgIpc) is 3.00. The van der Waals surface area contributed by atoms with Crippen molar-refractivity contribution in [1.29, 1.82) is 0 Å². The molecule has 13 heteroatoms. The van der Waals surface area contributed by atoms with Crippen molar-refractivity contribution in [2.45, 2.75) is 44.7 Å². The second kappa shape index (κ2) is 15.5. The highest BCUT2D eigenvalue weighted by Crippen LogP contribution is 2.33. The molecule has 3 aromatic carbocycles. The minimum absolute atomic E-state index is 0.0429. The Hall–Kier alpha value is -3.54. The van der Waals surface area contributed by atoms with E-state index in [9.17, 15) is 22.4 Å². The molecule has 0 aliphatic rings. The number of sulfonamides is 1. The third-order valence-electron chi connectivity index (χ3n) is 6.74. The van der Waals surface area contributed by atoms with Crippen LogP contribution in [0.5, 0.6) is 11.5 Å². The van der Waals surface area contributed by atoms with Gasteiger partial charge in [-0.2, -0.15) is 0 Å². The molecule has 9 nitrogen and oxygen atoms in total. The Bertz CT molecular complexity index is 1570. The number of ether oxygens (including phenoxy) is 2. The number of carbonyl (C=O) groups excluding carboxylic acids is 2. The van der Waals surface area contributed by atoms with Crippen LogP contribution in [-0.2, 0) is 26.2 Å². The minimum atomic E-state index is -4.42. The summed E-state index contributed by atoms with van der Waals surface area (Å²) >= 11 is 12.3. The monoisotopic (exact) mass is 667 g/mol. The molecule has 2 amide bonds. The number of nitrogens with zero attached hydrogens (tertiary/aromatic N) is 2. The first-order valence-corrected chi connectivity index (χ1v) is 16.0. The Morgan fingerprint density at radius 1 is 0.932 bits per heavy atom. The topological polar surface area (TPSA) is 105 Å². The number of anilines is 1. The van der Waals surface area contributed by atoms with Gasteiger partial charge in [-0.05, 0) is 66.4 Å². The Morgan fingerprint density at radius 2 is 1.59 bits per heavy atom. The van der Waals surface area contributed by atoms with Gasteiger partial charge in [0.2, 0.25) is 11.8 Å². The van der Waals surface area contributed by atoms with E-state index in [1.54, 1.807) is 25.1 Å². The summed E-state index contributed by atoms with van der Waals surface area (Å²) in [7, 11) is -1.64. The molecule has 0 saturated heterocycles. The van der Waals surface area contributed by atoms with Crippen molar-refractivity contribution in [3.05, 3.63) is 82.1 Å². The van der Waals surface area contributed by atoms with Gasteiger partial charge in [0, 0.05) is 19.2 Å². The highest BCUT2D eigenvalue weighted by molar-refractivity contribution is 7.92. The van der Waals surface area contributed by atoms with Gasteiger partial charge in [-0.1, -0.05) is 50.0 Å². The van der Waals surface area contributed by atoms with Crippen LogP contribution in [-0.4, -0.2) is 58.5 Å². The lowest BCUT2D eigenvalue weighted by molar-refractivity contribution is -0.140. The summed E-state index contributed by atoms with van der Waals surface area (Å²) in [6, 6.07) is 12.6. The number of methoxy groups -OCH3 is 2. The molecule has 0 unspecified atom stereocenters. The largest absolute Gasteiger partial charge is 0.493 e. The SMILES string of the molecule is CC[C@H](C(=O)NCC(C)C)N(Cc1ccc(Cl)c(Cl)c1)C(=O)CN(c1ccc(F)cc1)S(=O)(=O)c1ccc(OC)c(OC)c1. The zero-order valence-electron chi connectivity index (χ0n) is 25.1. The third-order valence-corrected chi connectivity index (χ3v) is 9.25. The van der Waals surface area contributed by atoms with E-state index in [4.69, 9.17) is 32.7 Å². The molecule has 0 saturated carbocycles. The van der Waals surface area contributed by atoms with Crippen molar-refractivity contribution in [2.24, 2.45) is 5.92 Å². The fourth-order valence-corrected chi connectivity index (χ4v) is 6.17. The number of rotatable bonds is 14. The number of benzene rings is 3. The molecule has 1 N–H and O–H groups in total. The van der Waals surface area contributed by atoms with Crippen LogP contribution in [0.2, 0.25) is 10.0 Å². The first kappa shape index (κ1) is 34.9. The average molecular weight is 669 g/mol. The van der Waals surface area contributed by atoms with Gasteiger partial charge in [0.15, 0.2) is 11.5 Å². The lowest BCUT2D eigenvalue weighted by atomic mass is 10.1. The summed E-state index contributed by atoms with van der Waals surface area (Å²) in [5, 5.41) is 3.45. The van der Waals surface area contributed by atoms with Gasteiger partial charge in [0.1, 0.15) is 18.4 Å². The van der Waals surface area contributed by atoms with Crippen molar-refractivity contribution in [3.8, 4) is 11.5 Å². The van der Waals surface area contributed by atoms with Crippen LogP contribution in [0.1, 0.15) is 32.8 Å². The predicted molar refractivity (Wildman–Crippen MR) is 169 cm³/mol. The molecule has 0 radical (unpaired) electrons. The van der Waals surface area contributed by atoms with E-state index in [0.717, 1.165) is 16.4 Å². The second-order valence-corrected chi connectivity index (χ2v) is 13.0. The van der Waals surface area contributed by atoms with Gasteiger partial charge in [-0.15, -0.1) is 0 Å². The van der Waals surface area contributed by atoms with Crippen molar-refractivity contribution in [1.82, 2.24) is 10.2 Å². The minimum Gasteiger partial charge on any atom is -0.493 e. The van der Waals surface area contributed by atoms with Gasteiger partial charge in [0.05, 0.1) is 34.8 Å². The van der Waals surface area contributed by atoms with Crippen molar-refractivity contribution in [3.63, 3.8) is 0 Å². The summed E-state index contributed by atoms with van der Waals surface area (Å²) in [4.78, 5) is 28.6. The van der Waals surface area contributed by atoms with Crippen LogP contribution in [0, 0.1) is 11.7 Å². The number of amides is 2. The molecule has 0 aliphatic carbocycles. The van der Waals surface area contributed by atoms with Gasteiger partial charge in [0.25, 0.3) is 10.0 Å². The summed E-state index contributed by atoms with van der Waals surface area (Å²) < 4.78 is 53.5. The van der Waals surface area contributed by atoms with Gasteiger partial charge in [-0.3, -0.25) is 13.9 Å². The zero-order chi connectivity index (χ0) is 32.6. The second-order valence-electron chi connectivity index (χ2n) is 10.3. The highest BCUT2D eigenvalue weighted by Gasteiger charge is 2.34. The fraction of sp³-hybridized carbons (Fsp3) is 0.355. The summed E-state index contributed by atoms with van der Waals surface area (Å²) in [6.07, 6.45) is 0.246. The van der Waals surface area contributed by atoms with Crippen LogP contribution in [0.15, 0.2) is 65.6 Å². The van der Waals surface area contributed by atoms with E-state index in [1.807, 2.05) is 13.8 Å². The standard InChI is InChI=1S/C31H36Cl2FN3O6S/c1-6-27(31(39)35-17-20(2)3)36(18-21-7-13-25(32)26(33)15-21)30(38)19-37(23-10-8-22(34)9-11-23)44(40,41)24-12-14-28(42-4)29(16-24)43-5/h7-16,20,27H,6,17-19H2,1-5H3,(H,35,39)/t27-/m1/s1. The molecule has 0 aromatic heterocycles. The number of halogens is 3. The Kier molecular flexibility index (Phi) is 12.3. The first-order valence-electron chi connectivity index (χ1n) is 13.8. The molecule has 0 fully saturated rings. The van der Waals surface area contributed by atoms with Crippen molar-refractivity contribution < 1.29 is 31.9 Å². The summed E-state index contributed by atoms with van der Waals surface area (Å²) in [5.74, 6) is -1.01. The van der Waals surface area contributed by atoms with E-state index in [2.05, 4.69) is 5.32 Å². The Balaban J connectivity index is 2.10. The first-order chi connectivity index (χ1) is 20.8. The van der Waals surface area contributed by atoms with Gasteiger partial charge >= 0.3 is 0 Å². The van der Waals surface area contributed by atoms with Crippen LogP contribution in [0.3, 0.4) is 0 Å². The number of hydrogen-bond acceptors (Lipinski definition) is 6. The molecular weight excluding hydrogens is 632 g/mol. The number of carbonyl (C=O) groups is 2. The molecule has 0 heterocycles. The maximum absolute atomic E-state index is 14.2. The van der Waals surface area contributed by atoms with E-state index >= 15 is 0 Å². The predicted octanol–water partition coefficient (Wildman–Crippen LogP) is 5.92. The summed E-state index contributed by atoms with van der Waals surface area (Å²) in [5.41, 5.74) is 0.625. The van der Waals surface area contributed by atoms with Crippen LogP contribution >= 0.6 is 23.2 Å². The molecule has 0 spiro atoms. The quantitative estimate of drug-likeness (QED) is 0.229. The van der Waals surface area contributed by atoms with E-state index in [0.29, 0.717) is 22.9 Å². The molecule has 238 valence electrons. The molecular formula is C31H36Cl2FN3O6S. The molecule has 1 atom stereocenters. The van der Waals surface area contributed by atoms with E-state index in [1.165, 1.54) is 49.5 Å². The van der Waals surface area contributed by atoms with Crippen LogP contribution in [0.4, 0.5) is 10.1 Å². The lowest BCUT2D eigenvalue weighted by Gasteiger charge is -2.33. The molecule has 44 heavy (non-hydrogen) atoms. The maximum atomic E-state index is 14.2. The molecule has 3 rings (SSSR count). The smallest absolute Gasteiger partial charge is 0.264 e. The normalized spacial score (nSPS) is 12.0. The van der Waals surface area contributed by atoms with Crippen LogP contribution in [0.25, 0.3) is 0 Å². The summed E-state index contributed by atoms with van der Waals surface area (Å²) in [6.45, 7) is 5.28. The Morgan fingerprint density at radius 3 is 2.16 bits per heavy atom. The molecule has 0 aliphatic heterocycles. The van der Waals surface area contributed by atoms with Crippen molar-refractivity contribution in [2.75, 3.05) is 31.6 Å². The van der Waals surface area contributed by atoms with E-state index in [-0.39, 0.29) is 46.1 Å². The van der Waals surface area contributed by atoms with Crippen LogP contribution < -0.4 is 19.1 Å². The Labute approximate surface area is 267 Å². The van der Waals surface area contributed by atoms with Crippen molar-refractivity contribution >= 4 is 50.7 Å². The molecule has 0 bridgehead atoms. The number of hydrogen-bond donors (Lipinski definition) is 1. The third kappa shape index (κ3) is 8.55. The fourth-order valence-electron chi connectivity index (χ4n) is 4.42. The zero-order valence-corrected chi connectivity index (χ0v) is 27.5. The van der Waals surface area contributed by atoms with E-state index < -0.39 is 34.3 Å².